The van der Waals surface area contributed by atoms with E-state index in [0.717, 1.165) is 10.9 Å². The number of esters is 1. The van der Waals surface area contributed by atoms with Crippen LogP contribution in [0.5, 0.6) is 0 Å². The molecule has 0 bridgehead atoms. The van der Waals surface area contributed by atoms with Crippen LogP contribution in [0.3, 0.4) is 0 Å². The van der Waals surface area contributed by atoms with E-state index in [0.29, 0.717) is 12.1 Å². The predicted molar refractivity (Wildman–Crippen MR) is 106 cm³/mol. The predicted octanol–water partition coefficient (Wildman–Crippen LogP) is 4.94. The Hall–Kier alpha value is -3.40. The fourth-order valence-corrected chi connectivity index (χ4v) is 3.15. The number of fused-ring (bicyclic) bond motifs is 1. The van der Waals surface area contributed by atoms with Crippen LogP contribution < -0.4 is 0 Å². The Balaban J connectivity index is 1.67. The van der Waals surface area contributed by atoms with Crippen LogP contribution in [-0.4, -0.2) is 15.5 Å². The number of ether oxygens (including phenoxy) is 1. The summed E-state index contributed by atoms with van der Waals surface area (Å²) in [6.45, 7) is 2.59. The molecule has 0 aliphatic rings. The molecule has 134 valence electrons. The van der Waals surface area contributed by atoms with E-state index in [-0.39, 0.29) is 5.97 Å². The monoisotopic (exact) mass is 356 g/mol. The topological polar surface area (TPSA) is 44.1 Å². The number of carbonyl (C=O) groups is 1. The van der Waals surface area contributed by atoms with Gasteiger partial charge in [0.05, 0.1) is 18.4 Å². The number of benzene rings is 3. The zero-order valence-electron chi connectivity index (χ0n) is 15.1. The molecule has 0 radical (unpaired) electrons. The lowest BCUT2D eigenvalue weighted by Gasteiger charge is -2.19. The van der Waals surface area contributed by atoms with Gasteiger partial charge in [-0.2, -0.15) is 0 Å². The van der Waals surface area contributed by atoms with Crippen LogP contribution in [0.2, 0.25) is 0 Å². The van der Waals surface area contributed by atoms with Crippen LogP contribution >= 0.6 is 0 Å². The minimum Gasteiger partial charge on any atom is -0.452 e. The van der Waals surface area contributed by atoms with Gasteiger partial charge in [-0.3, -0.25) is 0 Å². The molecule has 0 aliphatic carbocycles. The van der Waals surface area contributed by atoms with Gasteiger partial charge in [0.15, 0.2) is 0 Å². The average Bonchev–Trinajstić information content (AvgIpc) is 3.21. The van der Waals surface area contributed by atoms with Crippen molar-refractivity contribution in [1.29, 1.82) is 0 Å². The summed E-state index contributed by atoms with van der Waals surface area (Å²) in [5, 5.41) is 2.30. The van der Waals surface area contributed by atoms with E-state index in [4.69, 9.17) is 4.74 Å². The Bertz CT molecular complexity index is 1060. The first kappa shape index (κ1) is 17.0. The van der Waals surface area contributed by atoms with E-state index in [1.54, 1.807) is 24.7 Å². The summed E-state index contributed by atoms with van der Waals surface area (Å²) in [5.74, 6) is -0.329. The van der Waals surface area contributed by atoms with Crippen molar-refractivity contribution in [2.75, 3.05) is 0 Å². The Kier molecular flexibility index (Phi) is 4.71. The first-order valence-electron chi connectivity index (χ1n) is 8.91. The van der Waals surface area contributed by atoms with E-state index >= 15 is 0 Å². The molecule has 0 aliphatic heterocycles. The number of aromatic nitrogens is 2. The quantitative estimate of drug-likeness (QED) is 0.476. The summed E-state index contributed by atoms with van der Waals surface area (Å²) in [6, 6.07) is 21.6. The normalized spacial score (nSPS) is 12.0. The molecule has 1 atom stereocenters. The fraction of sp³-hybridized carbons (Fsp3) is 0.130. The second kappa shape index (κ2) is 7.46. The Morgan fingerprint density at radius 2 is 1.81 bits per heavy atom. The fourth-order valence-electron chi connectivity index (χ4n) is 3.15. The molecule has 0 amide bonds. The van der Waals surface area contributed by atoms with Crippen molar-refractivity contribution in [3.05, 3.63) is 102 Å². The van der Waals surface area contributed by atoms with Crippen molar-refractivity contribution in [3.8, 4) is 0 Å². The lowest BCUT2D eigenvalue weighted by molar-refractivity contribution is 0.0255. The van der Waals surface area contributed by atoms with Crippen LogP contribution in [-0.2, 0) is 11.3 Å². The number of rotatable bonds is 5. The molecule has 1 unspecified atom stereocenters. The van der Waals surface area contributed by atoms with E-state index in [1.165, 1.54) is 10.9 Å². The van der Waals surface area contributed by atoms with E-state index in [1.807, 2.05) is 35.0 Å². The highest BCUT2D eigenvalue weighted by Crippen LogP contribution is 2.26. The Morgan fingerprint density at radius 1 is 1.04 bits per heavy atom. The van der Waals surface area contributed by atoms with Crippen LogP contribution in [0.4, 0.5) is 0 Å². The van der Waals surface area contributed by atoms with Crippen LogP contribution in [0.25, 0.3) is 10.8 Å². The minimum atomic E-state index is -0.405. The van der Waals surface area contributed by atoms with Crippen LogP contribution in [0, 0.1) is 6.92 Å². The maximum Gasteiger partial charge on any atom is 0.338 e. The molecule has 3 aromatic carbocycles. The standard InChI is InChI=1S/C23H20N2O2/c1-17-7-8-20-14-21(10-9-19(20)13-17)22(15-25-12-11-24-16-25)27-23(26)18-5-3-2-4-6-18/h2-14,16,22H,15H2,1H3. The zero-order valence-corrected chi connectivity index (χ0v) is 15.1. The Morgan fingerprint density at radius 3 is 2.59 bits per heavy atom. The average molecular weight is 356 g/mol. The minimum absolute atomic E-state index is 0.329. The SMILES string of the molecule is Cc1ccc2cc(C(Cn3ccnc3)OC(=O)c3ccccc3)ccc2c1. The molecule has 4 aromatic rings. The molecule has 0 saturated carbocycles. The van der Waals surface area contributed by atoms with Crippen LogP contribution in [0.1, 0.15) is 27.6 Å². The first-order chi connectivity index (χ1) is 13.2. The van der Waals surface area contributed by atoms with Crippen molar-refractivity contribution in [1.82, 2.24) is 9.55 Å². The van der Waals surface area contributed by atoms with Gasteiger partial charge in [0.2, 0.25) is 0 Å². The number of nitrogens with zero attached hydrogens (tertiary/aromatic N) is 2. The highest BCUT2D eigenvalue weighted by atomic mass is 16.5. The summed E-state index contributed by atoms with van der Waals surface area (Å²) >= 11 is 0. The lowest BCUT2D eigenvalue weighted by Crippen LogP contribution is -2.16. The van der Waals surface area contributed by atoms with Gasteiger partial charge in [-0.25, -0.2) is 9.78 Å². The van der Waals surface area contributed by atoms with Gasteiger partial charge in [-0.05, 0) is 41.5 Å². The third-order valence-electron chi connectivity index (χ3n) is 4.59. The second-order valence-electron chi connectivity index (χ2n) is 6.63. The molecule has 27 heavy (non-hydrogen) atoms. The third-order valence-corrected chi connectivity index (χ3v) is 4.59. The molecular formula is C23H20N2O2. The molecule has 0 N–H and O–H groups in total. The van der Waals surface area contributed by atoms with Gasteiger partial charge in [0, 0.05) is 12.4 Å². The summed E-state index contributed by atoms with van der Waals surface area (Å²) < 4.78 is 7.80. The van der Waals surface area contributed by atoms with Crippen molar-refractivity contribution < 1.29 is 9.53 Å². The van der Waals surface area contributed by atoms with Gasteiger partial charge in [0.1, 0.15) is 6.10 Å². The van der Waals surface area contributed by atoms with Crippen LogP contribution in [0.15, 0.2) is 85.5 Å². The van der Waals surface area contributed by atoms with Gasteiger partial charge < -0.3 is 9.30 Å². The van der Waals surface area contributed by atoms with Crippen molar-refractivity contribution in [2.45, 2.75) is 19.6 Å². The summed E-state index contributed by atoms with van der Waals surface area (Å²) in [6.07, 6.45) is 4.92. The molecule has 4 heteroatoms. The highest BCUT2D eigenvalue weighted by molar-refractivity contribution is 5.89. The summed E-state index contributed by atoms with van der Waals surface area (Å²) in [5.41, 5.74) is 2.73. The largest absolute Gasteiger partial charge is 0.452 e. The molecule has 4 rings (SSSR count). The molecule has 0 saturated heterocycles. The Labute approximate surface area is 158 Å². The van der Waals surface area contributed by atoms with Gasteiger partial charge >= 0.3 is 5.97 Å². The van der Waals surface area contributed by atoms with E-state index in [9.17, 15) is 4.79 Å². The van der Waals surface area contributed by atoms with Crippen molar-refractivity contribution in [2.24, 2.45) is 0 Å². The molecule has 1 aromatic heterocycles. The summed E-state index contributed by atoms with van der Waals surface area (Å²) in [4.78, 5) is 16.7. The number of carbonyl (C=O) groups excluding carboxylic acids is 1. The smallest absolute Gasteiger partial charge is 0.338 e. The zero-order chi connectivity index (χ0) is 18.6. The van der Waals surface area contributed by atoms with Gasteiger partial charge in [-0.1, -0.05) is 54.1 Å². The van der Waals surface area contributed by atoms with Crippen molar-refractivity contribution in [3.63, 3.8) is 0 Å². The molecule has 0 spiro atoms. The molecule has 4 nitrogen and oxygen atoms in total. The van der Waals surface area contributed by atoms with E-state index in [2.05, 4.69) is 42.2 Å². The summed E-state index contributed by atoms with van der Waals surface area (Å²) in [7, 11) is 0. The molecular weight excluding hydrogens is 336 g/mol. The second-order valence-corrected chi connectivity index (χ2v) is 6.63. The highest BCUT2D eigenvalue weighted by Gasteiger charge is 2.19. The molecule has 0 fully saturated rings. The maximum atomic E-state index is 12.6. The van der Waals surface area contributed by atoms with E-state index < -0.39 is 6.10 Å². The maximum absolute atomic E-state index is 12.6. The third kappa shape index (κ3) is 3.90. The number of imidazole rings is 1. The number of hydrogen-bond donors (Lipinski definition) is 0. The lowest BCUT2D eigenvalue weighted by atomic mass is 10.0. The van der Waals surface area contributed by atoms with Gasteiger partial charge in [0.25, 0.3) is 0 Å². The number of hydrogen-bond acceptors (Lipinski definition) is 3. The van der Waals surface area contributed by atoms with Gasteiger partial charge in [-0.15, -0.1) is 0 Å². The molecule has 1 heterocycles. The van der Waals surface area contributed by atoms with Crippen molar-refractivity contribution >= 4 is 16.7 Å². The number of aryl methyl sites for hydroxylation is 1. The first-order valence-corrected chi connectivity index (χ1v) is 8.91.